The van der Waals surface area contributed by atoms with Gasteiger partial charge >= 0.3 is 5.97 Å². The fourth-order valence-electron chi connectivity index (χ4n) is 2.05. The van der Waals surface area contributed by atoms with Crippen LogP contribution in [0, 0.1) is 11.3 Å². The van der Waals surface area contributed by atoms with E-state index in [4.69, 9.17) is 4.74 Å². The zero-order chi connectivity index (χ0) is 12.3. The van der Waals surface area contributed by atoms with Gasteiger partial charge in [-0.1, -0.05) is 6.92 Å². The van der Waals surface area contributed by atoms with Gasteiger partial charge in [0.2, 0.25) is 5.91 Å². The third-order valence-electron chi connectivity index (χ3n) is 3.31. The van der Waals surface area contributed by atoms with E-state index in [0.717, 1.165) is 18.5 Å². The van der Waals surface area contributed by atoms with E-state index in [1.807, 2.05) is 19.9 Å². The van der Waals surface area contributed by atoms with Gasteiger partial charge in [-0.05, 0) is 31.8 Å². The molecule has 4 nitrogen and oxygen atoms in total. The van der Waals surface area contributed by atoms with Gasteiger partial charge in [-0.15, -0.1) is 0 Å². The molecule has 0 aliphatic heterocycles. The Morgan fingerprint density at radius 3 is 2.69 bits per heavy atom. The zero-order valence-electron chi connectivity index (χ0n) is 10.3. The van der Waals surface area contributed by atoms with Gasteiger partial charge < -0.3 is 10.1 Å². The highest BCUT2D eigenvalue weighted by Gasteiger charge is 2.40. The minimum absolute atomic E-state index is 0.104. The summed E-state index contributed by atoms with van der Waals surface area (Å²) in [7, 11) is 1.39. The van der Waals surface area contributed by atoms with Crippen LogP contribution in [0.5, 0.6) is 0 Å². The summed E-state index contributed by atoms with van der Waals surface area (Å²) in [6.07, 6.45) is 3.50. The highest BCUT2D eigenvalue weighted by molar-refractivity contribution is 5.80. The second-order valence-corrected chi connectivity index (χ2v) is 4.56. The molecule has 16 heavy (non-hydrogen) atoms. The van der Waals surface area contributed by atoms with Gasteiger partial charge in [0.25, 0.3) is 0 Å². The van der Waals surface area contributed by atoms with Gasteiger partial charge in [-0.3, -0.25) is 9.59 Å². The van der Waals surface area contributed by atoms with Crippen LogP contribution in [-0.4, -0.2) is 19.0 Å². The monoisotopic (exact) mass is 225 g/mol. The van der Waals surface area contributed by atoms with Crippen LogP contribution in [0.2, 0.25) is 0 Å². The average molecular weight is 225 g/mol. The molecule has 0 heterocycles. The normalized spacial score (nSPS) is 29.2. The Morgan fingerprint density at radius 2 is 2.19 bits per heavy atom. The van der Waals surface area contributed by atoms with Gasteiger partial charge in [0.15, 0.2) is 0 Å². The van der Waals surface area contributed by atoms with Gasteiger partial charge in [-0.25, -0.2) is 0 Å². The number of ether oxygens (including phenoxy) is 1. The molecule has 1 amide bonds. The number of methoxy groups -OCH3 is 1. The predicted octanol–water partition coefficient (Wildman–Crippen LogP) is 1.62. The second-order valence-electron chi connectivity index (χ2n) is 4.56. The maximum absolute atomic E-state index is 11.8. The fraction of sp³-hybridized carbons (Fsp3) is 0.667. The van der Waals surface area contributed by atoms with E-state index < -0.39 is 5.41 Å². The molecule has 1 aliphatic carbocycles. The summed E-state index contributed by atoms with van der Waals surface area (Å²) in [6, 6.07) is 0. The van der Waals surface area contributed by atoms with Crippen molar-refractivity contribution in [1.82, 2.24) is 5.32 Å². The van der Waals surface area contributed by atoms with Crippen molar-refractivity contribution in [1.29, 1.82) is 0 Å². The number of hydrogen-bond donors (Lipinski definition) is 1. The number of carbonyl (C=O) groups excluding carboxylic acids is 2. The minimum atomic E-state index is -0.634. The fourth-order valence-corrected chi connectivity index (χ4v) is 2.05. The summed E-state index contributed by atoms with van der Waals surface area (Å²) < 4.78 is 4.82. The molecular weight excluding hydrogens is 206 g/mol. The molecule has 1 rings (SSSR count). The summed E-state index contributed by atoms with van der Waals surface area (Å²) in [5.74, 6) is -0.131. The molecule has 0 aromatic rings. The van der Waals surface area contributed by atoms with Crippen LogP contribution in [0.15, 0.2) is 11.8 Å². The van der Waals surface area contributed by atoms with E-state index in [2.05, 4.69) is 5.32 Å². The Hall–Kier alpha value is -1.32. The Morgan fingerprint density at radius 1 is 1.56 bits per heavy atom. The number of allylic oxidation sites excluding steroid dienone is 1. The maximum Gasteiger partial charge on any atom is 0.315 e. The van der Waals surface area contributed by atoms with Crippen molar-refractivity contribution in [3.05, 3.63) is 11.8 Å². The molecular formula is C12H19NO3. The smallest absolute Gasteiger partial charge is 0.315 e. The maximum atomic E-state index is 11.8. The summed E-state index contributed by atoms with van der Waals surface area (Å²) in [4.78, 5) is 22.7. The first-order valence-corrected chi connectivity index (χ1v) is 5.48. The third-order valence-corrected chi connectivity index (χ3v) is 3.31. The first kappa shape index (κ1) is 12.7. The molecule has 0 bridgehead atoms. The van der Waals surface area contributed by atoms with E-state index in [-0.39, 0.29) is 17.8 Å². The van der Waals surface area contributed by atoms with Crippen LogP contribution in [-0.2, 0) is 14.3 Å². The molecule has 1 N–H and O–H groups in total. The molecule has 2 unspecified atom stereocenters. The van der Waals surface area contributed by atoms with Crippen molar-refractivity contribution in [2.45, 2.75) is 33.6 Å². The van der Waals surface area contributed by atoms with E-state index in [1.165, 1.54) is 14.0 Å². The third kappa shape index (κ3) is 2.43. The minimum Gasteiger partial charge on any atom is -0.468 e. The summed E-state index contributed by atoms with van der Waals surface area (Å²) in [6.45, 7) is 5.34. The summed E-state index contributed by atoms with van der Waals surface area (Å²) in [5.41, 5.74) is 0.184. The quantitative estimate of drug-likeness (QED) is 0.726. The Bertz CT molecular complexity index is 335. The first-order chi connectivity index (χ1) is 7.40. The van der Waals surface area contributed by atoms with Gasteiger partial charge in [-0.2, -0.15) is 0 Å². The van der Waals surface area contributed by atoms with E-state index in [9.17, 15) is 9.59 Å². The highest BCUT2D eigenvalue weighted by atomic mass is 16.5. The molecule has 90 valence electrons. The number of hydrogen-bond acceptors (Lipinski definition) is 3. The molecule has 0 aromatic carbocycles. The average Bonchev–Trinajstić information content (AvgIpc) is 2.21. The first-order valence-electron chi connectivity index (χ1n) is 5.48. The molecule has 4 heteroatoms. The van der Waals surface area contributed by atoms with Crippen molar-refractivity contribution in [3.63, 3.8) is 0 Å². The SMILES string of the molecule is COC(=O)C1(C)C=C(NC(C)=O)CCC1C. The standard InChI is InChI=1S/C12H19NO3/c1-8-5-6-10(13-9(2)14)7-12(8,3)11(15)16-4/h7-8H,5-6H2,1-4H3,(H,13,14). The molecule has 0 fully saturated rings. The van der Waals surface area contributed by atoms with E-state index >= 15 is 0 Å². The molecule has 0 aromatic heterocycles. The predicted molar refractivity (Wildman–Crippen MR) is 60.4 cm³/mol. The van der Waals surface area contributed by atoms with Crippen molar-refractivity contribution in [2.75, 3.05) is 7.11 Å². The number of carbonyl (C=O) groups is 2. The highest BCUT2D eigenvalue weighted by Crippen LogP contribution is 2.39. The zero-order valence-corrected chi connectivity index (χ0v) is 10.3. The van der Waals surface area contributed by atoms with Gasteiger partial charge in [0, 0.05) is 12.6 Å². The Balaban J connectivity index is 2.96. The summed E-state index contributed by atoms with van der Waals surface area (Å²) in [5, 5.41) is 2.75. The largest absolute Gasteiger partial charge is 0.468 e. The van der Waals surface area contributed by atoms with Gasteiger partial charge in [0.05, 0.1) is 12.5 Å². The van der Waals surface area contributed by atoms with Crippen LogP contribution in [0.1, 0.15) is 33.6 Å². The Kier molecular flexibility index (Phi) is 3.73. The molecule has 0 radical (unpaired) electrons. The molecule has 0 spiro atoms. The molecule has 2 atom stereocenters. The topological polar surface area (TPSA) is 55.4 Å². The van der Waals surface area contributed by atoms with Crippen LogP contribution in [0.4, 0.5) is 0 Å². The van der Waals surface area contributed by atoms with Crippen LogP contribution < -0.4 is 5.32 Å². The number of rotatable bonds is 2. The Labute approximate surface area is 96.0 Å². The van der Waals surface area contributed by atoms with Gasteiger partial charge in [0.1, 0.15) is 0 Å². The van der Waals surface area contributed by atoms with E-state index in [0.29, 0.717) is 0 Å². The number of nitrogens with one attached hydrogen (secondary N) is 1. The molecule has 0 saturated heterocycles. The summed E-state index contributed by atoms with van der Waals surface area (Å²) >= 11 is 0. The van der Waals surface area contributed by atoms with Crippen LogP contribution >= 0.6 is 0 Å². The van der Waals surface area contributed by atoms with Crippen LogP contribution in [0.3, 0.4) is 0 Å². The lowest BCUT2D eigenvalue weighted by molar-refractivity contribution is -0.152. The van der Waals surface area contributed by atoms with Crippen molar-refractivity contribution in [2.24, 2.45) is 11.3 Å². The lowest BCUT2D eigenvalue weighted by Gasteiger charge is -2.35. The van der Waals surface area contributed by atoms with Crippen molar-refractivity contribution < 1.29 is 14.3 Å². The van der Waals surface area contributed by atoms with Crippen molar-refractivity contribution in [3.8, 4) is 0 Å². The lowest BCUT2D eigenvalue weighted by atomic mass is 9.71. The number of amides is 1. The van der Waals surface area contributed by atoms with Crippen molar-refractivity contribution >= 4 is 11.9 Å². The van der Waals surface area contributed by atoms with E-state index in [1.54, 1.807) is 0 Å². The van der Waals surface area contributed by atoms with Crippen LogP contribution in [0.25, 0.3) is 0 Å². The molecule has 1 aliphatic rings. The molecule has 0 saturated carbocycles. The lowest BCUT2D eigenvalue weighted by Crippen LogP contribution is -2.38. The second kappa shape index (κ2) is 4.68. The number of esters is 1.